The van der Waals surface area contributed by atoms with Crippen molar-refractivity contribution in [3.05, 3.63) is 39.8 Å². The van der Waals surface area contributed by atoms with Crippen molar-refractivity contribution in [2.45, 2.75) is 32.3 Å². The van der Waals surface area contributed by atoms with Crippen molar-refractivity contribution in [3.8, 4) is 0 Å². The summed E-state index contributed by atoms with van der Waals surface area (Å²) in [5.74, 6) is 0. The fraction of sp³-hybridized carbons (Fsp3) is 0.429. The Morgan fingerprint density at radius 3 is 3.06 bits per heavy atom. The highest BCUT2D eigenvalue weighted by molar-refractivity contribution is 5.84. The minimum atomic E-state index is -0.123. The molecular formula is C14H16N2O2. The smallest absolute Gasteiger partial charge is 0.272 e. The maximum atomic E-state index is 11.9. The lowest BCUT2D eigenvalue weighted by molar-refractivity contribution is 0.112. The fourth-order valence-electron chi connectivity index (χ4n) is 2.55. The summed E-state index contributed by atoms with van der Waals surface area (Å²) in [6.45, 7) is 2.85. The molecule has 1 aromatic carbocycles. The van der Waals surface area contributed by atoms with E-state index in [2.05, 4.69) is 16.3 Å². The molecule has 0 bridgehead atoms. The molecule has 1 saturated heterocycles. The number of nitrogens with zero attached hydrogens (tertiary/aromatic N) is 1. The quantitative estimate of drug-likeness (QED) is 0.882. The van der Waals surface area contributed by atoms with Gasteiger partial charge in [0.1, 0.15) is 0 Å². The Labute approximate surface area is 105 Å². The molecular weight excluding hydrogens is 228 g/mol. The van der Waals surface area contributed by atoms with E-state index in [0.717, 1.165) is 47.9 Å². The summed E-state index contributed by atoms with van der Waals surface area (Å²) in [5.41, 5.74) is 1.91. The van der Waals surface area contributed by atoms with Gasteiger partial charge in [-0.25, -0.2) is 5.10 Å². The predicted molar refractivity (Wildman–Crippen MR) is 69.7 cm³/mol. The molecule has 2 aromatic rings. The van der Waals surface area contributed by atoms with Crippen LogP contribution in [0.15, 0.2) is 23.0 Å². The van der Waals surface area contributed by atoms with Gasteiger partial charge in [0.25, 0.3) is 5.56 Å². The molecule has 1 atom stereocenters. The molecule has 0 aliphatic carbocycles. The number of hydrogen-bond acceptors (Lipinski definition) is 3. The van der Waals surface area contributed by atoms with Gasteiger partial charge in [-0.1, -0.05) is 19.1 Å². The average Bonchev–Trinajstić information content (AvgIpc) is 2.93. The Balaban J connectivity index is 2.16. The molecule has 1 aliphatic heterocycles. The molecule has 3 rings (SSSR count). The first-order valence-corrected chi connectivity index (χ1v) is 6.42. The van der Waals surface area contributed by atoms with E-state index in [-0.39, 0.29) is 11.7 Å². The highest BCUT2D eigenvalue weighted by atomic mass is 16.5. The monoisotopic (exact) mass is 244 g/mol. The minimum absolute atomic E-state index is 0.123. The molecule has 0 saturated carbocycles. The van der Waals surface area contributed by atoms with Gasteiger partial charge in [-0.15, -0.1) is 0 Å². The maximum absolute atomic E-state index is 11.9. The van der Waals surface area contributed by atoms with E-state index >= 15 is 0 Å². The molecule has 0 spiro atoms. The van der Waals surface area contributed by atoms with Crippen molar-refractivity contribution < 1.29 is 4.74 Å². The van der Waals surface area contributed by atoms with Gasteiger partial charge in [0.2, 0.25) is 0 Å². The van der Waals surface area contributed by atoms with Crippen LogP contribution in [0.2, 0.25) is 0 Å². The Morgan fingerprint density at radius 1 is 1.44 bits per heavy atom. The molecule has 4 heteroatoms. The van der Waals surface area contributed by atoms with E-state index in [9.17, 15) is 4.79 Å². The van der Waals surface area contributed by atoms with Crippen LogP contribution in [0.5, 0.6) is 0 Å². The lowest BCUT2D eigenvalue weighted by Crippen LogP contribution is -2.11. The zero-order valence-electron chi connectivity index (χ0n) is 10.4. The zero-order chi connectivity index (χ0) is 12.5. The number of hydrogen-bond donors (Lipinski definition) is 1. The summed E-state index contributed by atoms with van der Waals surface area (Å²) in [5, 5.41) is 8.31. The summed E-state index contributed by atoms with van der Waals surface area (Å²) in [6.07, 6.45) is 3.09. The Hall–Kier alpha value is -1.68. The van der Waals surface area contributed by atoms with Gasteiger partial charge in [-0.05, 0) is 30.9 Å². The highest BCUT2D eigenvalue weighted by Gasteiger charge is 2.18. The van der Waals surface area contributed by atoms with E-state index < -0.39 is 0 Å². The lowest BCUT2D eigenvalue weighted by atomic mass is 10.0. The minimum Gasteiger partial charge on any atom is -0.374 e. The first-order valence-electron chi connectivity index (χ1n) is 6.42. The second kappa shape index (κ2) is 4.53. The summed E-state index contributed by atoms with van der Waals surface area (Å²) < 4.78 is 5.66. The number of ether oxygens (including phenoxy) is 1. The fourth-order valence-corrected chi connectivity index (χ4v) is 2.55. The average molecular weight is 244 g/mol. The number of benzene rings is 1. The maximum Gasteiger partial charge on any atom is 0.272 e. The Morgan fingerprint density at radius 2 is 2.33 bits per heavy atom. The van der Waals surface area contributed by atoms with Gasteiger partial charge in [0.05, 0.1) is 17.2 Å². The summed E-state index contributed by atoms with van der Waals surface area (Å²) >= 11 is 0. The third-order valence-electron chi connectivity index (χ3n) is 3.53. The van der Waals surface area contributed by atoms with E-state index in [1.807, 2.05) is 19.1 Å². The van der Waals surface area contributed by atoms with Crippen LogP contribution in [0.1, 0.15) is 37.1 Å². The van der Waals surface area contributed by atoms with Crippen molar-refractivity contribution in [3.63, 3.8) is 0 Å². The molecule has 1 aliphatic rings. The standard InChI is InChI=1S/C14H16N2O2/c1-2-12-10-6-5-9(13-4-3-7-18-13)8-11(10)14(17)16-15-12/h5-6,8,13H,2-4,7H2,1H3,(H,16,17). The second-order valence-corrected chi connectivity index (χ2v) is 4.66. The molecule has 0 amide bonds. The van der Waals surface area contributed by atoms with Crippen LogP contribution in [0.25, 0.3) is 10.8 Å². The molecule has 1 N–H and O–H groups in total. The zero-order valence-corrected chi connectivity index (χ0v) is 10.4. The Bertz CT molecular complexity index is 627. The summed E-state index contributed by atoms with van der Waals surface area (Å²) in [7, 11) is 0. The van der Waals surface area contributed by atoms with Crippen molar-refractivity contribution in [2.24, 2.45) is 0 Å². The predicted octanol–water partition coefficient (Wildman–Crippen LogP) is 2.34. The van der Waals surface area contributed by atoms with E-state index in [1.165, 1.54) is 0 Å². The molecule has 0 radical (unpaired) electrons. The van der Waals surface area contributed by atoms with Crippen LogP contribution in [0.4, 0.5) is 0 Å². The molecule has 18 heavy (non-hydrogen) atoms. The third-order valence-corrected chi connectivity index (χ3v) is 3.53. The topological polar surface area (TPSA) is 55.0 Å². The molecule has 2 heterocycles. The van der Waals surface area contributed by atoms with E-state index in [0.29, 0.717) is 0 Å². The Kier molecular flexibility index (Phi) is 2.88. The van der Waals surface area contributed by atoms with Crippen molar-refractivity contribution in [1.29, 1.82) is 0 Å². The van der Waals surface area contributed by atoms with Crippen molar-refractivity contribution in [1.82, 2.24) is 10.2 Å². The van der Waals surface area contributed by atoms with E-state index in [4.69, 9.17) is 4.74 Å². The number of aromatic amines is 1. The number of fused-ring (bicyclic) bond motifs is 1. The van der Waals surface area contributed by atoms with Gasteiger partial charge in [0, 0.05) is 12.0 Å². The number of aromatic nitrogens is 2. The van der Waals surface area contributed by atoms with Gasteiger partial charge in [0.15, 0.2) is 0 Å². The number of aryl methyl sites for hydroxylation is 1. The van der Waals surface area contributed by atoms with Crippen LogP contribution in [0.3, 0.4) is 0 Å². The number of nitrogens with one attached hydrogen (secondary N) is 1. The first-order chi connectivity index (χ1) is 8.79. The van der Waals surface area contributed by atoms with Gasteiger partial charge >= 0.3 is 0 Å². The van der Waals surface area contributed by atoms with Gasteiger partial charge in [-0.2, -0.15) is 5.10 Å². The summed E-state index contributed by atoms with van der Waals surface area (Å²) in [6, 6.07) is 6.00. The van der Waals surface area contributed by atoms with Gasteiger partial charge < -0.3 is 4.74 Å². The third kappa shape index (κ3) is 1.82. The largest absolute Gasteiger partial charge is 0.374 e. The molecule has 94 valence electrons. The normalized spacial score (nSPS) is 19.5. The molecule has 4 nitrogen and oxygen atoms in total. The van der Waals surface area contributed by atoms with Crippen molar-refractivity contribution >= 4 is 10.8 Å². The van der Waals surface area contributed by atoms with Gasteiger partial charge in [-0.3, -0.25) is 4.79 Å². The molecule has 1 aromatic heterocycles. The molecule has 1 unspecified atom stereocenters. The van der Waals surface area contributed by atoms with Crippen LogP contribution in [0, 0.1) is 0 Å². The number of H-pyrrole nitrogens is 1. The highest BCUT2D eigenvalue weighted by Crippen LogP contribution is 2.30. The van der Waals surface area contributed by atoms with Crippen LogP contribution in [-0.4, -0.2) is 16.8 Å². The van der Waals surface area contributed by atoms with Crippen LogP contribution < -0.4 is 5.56 Å². The molecule has 1 fully saturated rings. The lowest BCUT2D eigenvalue weighted by Gasteiger charge is -2.11. The van der Waals surface area contributed by atoms with E-state index in [1.54, 1.807) is 0 Å². The first kappa shape index (κ1) is 11.4. The number of rotatable bonds is 2. The van der Waals surface area contributed by atoms with Crippen LogP contribution in [-0.2, 0) is 11.2 Å². The second-order valence-electron chi connectivity index (χ2n) is 4.66. The van der Waals surface area contributed by atoms with Crippen LogP contribution >= 0.6 is 0 Å². The van der Waals surface area contributed by atoms with Crippen molar-refractivity contribution in [2.75, 3.05) is 6.61 Å². The SMILES string of the molecule is CCc1n[nH]c(=O)c2cc(C3CCCO3)ccc12. The summed E-state index contributed by atoms with van der Waals surface area (Å²) in [4.78, 5) is 11.9.